The van der Waals surface area contributed by atoms with Crippen LogP contribution in [0.5, 0.6) is 0 Å². The van der Waals surface area contributed by atoms with Crippen molar-refractivity contribution in [3.8, 4) is 11.3 Å². The quantitative estimate of drug-likeness (QED) is 0.445. The van der Waals surface area contributed by atoms with E-state index in [1.165, 1.54) is 28.4 Å². The summed E-state index contributed by atoms with van der Waals surface area (Å²) >= 11 is 2.89. The molecule has 1 aromatic heterocycles. The number of thioether (sulfide) groups is 2. The molecule has 2 aromatic rings. The third kappa shape index (κ3) is 3.12. The highest BCUT2D eigenvalue weighted by Crippen LogP contribution is 2.51. The second-order valence-corrected chi connectivity index (χ2v) is 9.74. The number of carboxylic acid groups (broad SMARTS) is 1. The molecular weight excluding hydrogens is 396 g/mol. The van der Waals surface area contributed by atoms with Crippen molar-refractivity contribution in [3.63, 3.8) is 0 Å². The molecule has 1 aromatic carbocycles. The molecule has 2 saturated heterocycles. The lowest BCUT2D eigenvalue weighted by molar-refractivity contribution is -0.312. The zero-order valence-corrected chi connectivity index (χ0v) is 17.2. The van der Waals surface area contributed by atoms with Gasteiger partial charge in [0, 0.05) is 16.4 Å². The minimum Gasteiger partial charge on any atom is -0.548 e. The van der Waals surface area contributed by atoms with Crippen LogP contribution < -0.4 is 10.4 Å². The van der Waals surface area contributed by atoms with Crippen LogP contribution in [0, 0.1) is 0 Å². The third-order valence-electron chi connectivity index (χ3n) is 4.93. The summed E-state index contributed by atoms with van der Waals surface area (Å²) in [4.78, 5) is 34.6. The summed E-state index contributed by atoms with van der Waals surface area (Å²) in [6.07, 6.45) is 1.89. The van der Waals surface area contributed by atoms with Gasteiger partial charge in [-0.2, -0.15) is 0 Å². The van der Waals surface area contributed by atoms with Gasteiger partial charge in [-0.15, -0.1) is 11.8 Å². The van der Waals surface area contributed by atoms with E-state index in [-0.39, 0.29) is 11.3 Å². The minimum absolute atomic E-state index is 0.247. The highest BCUT2D eigenvalue weighted by molar-refractivity contribution is 8.01. The maximum Gasteiger partial charge on any atom is 0.249 e. The van der Waals surface area contributed by atoms with Gasteiger partial charge in [0.1, 0.15) is 17.2 Å². The number of aliphatic carboxylic acids is 1. The summed E-state index contributed by atoms with van der Waals surface area (Å²) in [7, 11) is 0. The van der Waals surface area contributed by atoms with Crippen LogP contribution in [-0.4, -0.2) is 55.2 Å². The fourth-order valence-corrected chi connectivity index (χ4v) is 5.63. The Morgan fingerprint density at radius 1 is 1.29 bits per heavy atom. The molecule has 7 nitrogen and oxygen atoms in total. The van der Waals surface area contributed by atoms with Crippen molar-refractivity contribution in [3.05, 3.63) is 36.4 Å². The number of β-lactam (4-membered cyclic amide) rings is 1. The fourth-order valence-electron chi connectivity index (χ4n) is 3.63. The number of hydrogen-bond acceptors (Lipinski definition) is 8. The lowest BCUT2D eigenvalue weighted by Gasteiger charge is -2.45. The highest BCUT2D eigenvalue weighted by Gasteiger charge is 2.61. The highest BCUT2D eigenvalue weighted by atomic mass is 32.2. The predicted molar refractivity (Wildman–Crippen MR) is 108 cm³/mol. The van der Waals surface area contributed by atoms with E-state index < -0.39 is 22.8 Å². The standard InChI is InChI=1S/C19H20N4O3S2/c1-19(2)14(17(25)26)23-15(24)13(16(23)28-19)21-12-9-11(20-18(22-12)27-3)10-7-5-4-6-8-10/h4-9,13-14,16H,1-3H3,(H,25,26)(H,20,21,22)/p-1/t13-,14+,16-/m1/s1. The van der Waals surface area contributed by atoms with Crippen molar-refractivity contribution in [2.45, 2.75) is 41.2 Å². The first-order chi connectivity index (χ1) is 13.3. The largest absolute Gasteiger partial charge is 0.548 e. The molecule has 0 spiro atoms. The molecule has 0 aliphatic carbocycles. The van der Waals surface area contributed by atoms with Gasteiger partial charge >= 0.3 is 0 Å². The van der Waals surface area contributed by atoms with Crippen LogP contribution in [0.25, 0.3) is 11.3 Å². The zero-order valence-electron chi connectivity index (χ0n) is 15.6. The van der Waals surface area contributed by atoms with Crippen molar-refractivity contribution in [1.29, 1.82) is 0 Å². The first-order valence-corrected chi connectivity index (χ1v) is 10.9. The number of nitrogens with zero attached hydrogens (tertiary/aromatic N) is 3. The van der Waals surface area contributed by atoms with E-state index in [1.54, 1.807) is 0 Å². The SMILES string of the molecule is CSc1nc(N[C@@H]2C(=O)N3[C@@H]2SC(C)(C)[C@@H]3C(=O)[O-])cc(-c2ccccc2)n1. The molecule has 2 aliphatic rings. The molecule has 0 unspecified atom stereocenters. The molecule has 0 saturated carbocycles. The summed E-state index contributed by atoms with van der Waals surface area (Å²) in [6, 6.07) is 10.1. The number of aromatic nitrogens is 2. The molecule has 28 heavy (non-hydrogen) atoms. The van der Waals surface area contributed by atoms with Crippen LogP contribution >= 0.6 is 23.5 Å². The molecule has 0 radical (unpaired) electrons. The Morgan fingerprint density at radius 2 is 2.00 bits per heavy atom. The topological polar surface area (TPSA) is 98.2 Å². The van der Waals surface area contributed by atoms with Gasteiger partial charge in [-0.1, -0.05) is 42.1 Å². The van der Waals surface area contributed by atoms with Gasteiger partial charge in [0.2, 0.25) is 5.91 Å². The summed E-state index contributed by atoms with van der Waals surface area (Å²) in [5.74, 6) is -0.917. The Morgan fingerprint density at radius 3 is 2.64 bits per heavy atom. The van der Waals surface area contributed by atoms with Crippen molar-refractivity contribution in [2.24, 2.45) is 0 Å². The van der Waals surface area contributed by atoms with E-state index in [9.17, 15) is 14.7 Å². The van der Waals surface area contributed by atoms with E-state index in [0.717, 1.165) is 11.3 Å². The van der Waals surface area contributed by atoms with Crippen LogP contribution in [0.3, 0.4) is 0 Å². The zero-order chi connectivity index (χ0) is 20.1. The number of rotatable bonds is 5. The maximum absolute atomic E-state index is 12.7. The second kappa shape index (κ2) is 6.97. The molecule has 1 amide bonds. The Labute approximate surface area is 171 Å². The molecule has 1 N–H and O–H groups in total. The molecule has 0 bridgehead atoms. The molecule has 3 atom stereocenters. The lowest BCUT2D eigenvalue weighted by Crippen LogP contribution is -2.69. The number of carboxylic acids is 1. The van der Waals surface area contributed by atoms with Crippen LogP contribution in [0.2, 0.25) is 0 Å². The van der Waals surface area contributed by atoms with Crippen LogP contribution in [0.4, 0.5) is 5.82 Å². The maximum atomic E-state index is 12.7. The van der Waals surface area contributed by atoms with Crippen molar-refractivity contribution in [1.82, 2.24) is 14.9 Å². The van der Waals surface area contributed by atoms with Crippen LogP contribution in [0.15, 0.2) is 41.6 Å². The molecule has 3 heterocycles. The third-order valence-corrected chi connectivity index (χ3v) is 7.04. The molecule has 4 rings (SSSR count). The molecule has 9 heteroatoms. The average Bonchev–Trinajstić information content (AvgIpc) is 2.94. The molecule has 146 valence electrons. The van der Waals surface area contributed by atoms with Crippen molar-refractivity contribution in [2.75, 3.05) is 11.6 Å². The Balaban J connectivity index is 1.61. The Kier molecular flexibility index (Phi) is 4.75. The minimum atomic E-state index is -1.22. The number of benzene rings is 1. The van der Waals surface area contributed by atoms with E-state index in [1.807, 2.05) is 56.5 Å². The summed E-state index contributed by atoms with van der Waals surface area (Å²) in [5, 5.41) is 15.1. The Hall–Kier alpha value is -2.26. The Bertz CT molecular complexity index is 938. The summed E-state index contributed by atoms with van der Waals surface area (Å²) in [5.41, 5.74) is 1.72. The molecule has 2 aliphatic heterocycles. The summed E-state index contributed by atoms with van der Waals surface area (Å²) < 4.78 is -0.610. The average molecular weight is 416 g/mol. The van der Waals surface area contributed by atoms with Gasteiger partial charge in [-0.25, -0.2) is 9.97 Å². The van der Waals surface area contributed by atoms with Gasteiger partial charge < -0.3 is 20.1 Å². The first kappa shape index (κ1) is 19.1. The normalized spacial score (nSPS) is 25.2. The van der Waals surface area contributed by atoms with E-state index in [0.29, 0.717) is 11.0 Å². The van der Waals surface area contributed by atoms with E-state index in [4.69, 9.17) is 0 Å². The number of fused-ring (bicyclic) bond motifs is 1. The van der Waals surface area contributed by atoms with E-state index in [2.05, 4.69) is 15.3 Å². The fraction of sp³-hybridized carbons (Fsp3) is 0.368. The summed E-state index contributed by atoms with van der Waals surface area (Å²) in [6.45, 7) is 3.65. The monoisotopic (exact) mass is 415 g/mol. The first-order valence-electron chi connectivity index (χ1n) is 8.78. The number of hydrogen-bond donors (Lipinski definition) is 1. The smallest absolute Gasteiger partial charge is 0.249 e. The second-order valence-electron chi connectivity index (χ2n) is 7.19. The van der Waals surface area contributed by atoms with Gasteiger partial charge in [-0.3, -0.25) is 4.79 Å². The lowest BCUT2D eigenvalue weighted by atomic mass is 9.96. The van der Waals surface area contributed by atoms with Crippen LogP contribution in [0.1, 0.15) is 13.8 Å². The van der Waals surface area contributed by atoms with Crippen molar-refractivity contribution >= 4 is 41.2 Å². The number of carbonyl (C=O) groups is 2. The van der Waals surface area contributed by atoms with Gasteiger partial charge in [0.05, 0.1) is 17.7 Å². The van der Waals surface area contributed by atoms with E-state index >= 15 is 0 Å². The molecular formula is C19H19N4O3S2-. The van der Waals surface area contributed by atoms with Gasteiger partial charge in [0.15, 0.2) is 5.16 Å². The van der Waals surface area contributed by atoms with Gasteiger partial charge in [0.25, 0.3) is 0 Å². The number of carbonyl (C=O) groups excluding carboxylic acids is 2. The van der Waals surface area contributed by atoms with Crippen LogP contribution in [-0.2, 0) is 9.59 Å². The number of amides is 1. The molecule has 2 fully saturated rings. The number of anilines is 1. The number of nitrogens with one attached hydrogen (secondary N) is 1. The van der Waals surface area contributed by atoms with Gasteiger partial charge in [-0.05, 0) is 20.1 Å². The van der Waals surface area contributed by atoms with Crippen molar-refractivity contribution < 1.29 is 14.7 Å². The predicted octanol–water partition coefficient (Wildman–Crippen LogP) is 1.46.